The number of hydrogen-bond acceptors (Lipinski definition) is 3. The van der Waals surface area contributed by atoms with E-state index in [-0.39, 0.29) is 23.4 Å². The van der Waals surface area contributed by atoms with E-state index in [4.69, 9.17) is 0 Å². The van der Waals surface area contributed by atoms with Crippen LogP contribution in [-0.2, 0) is 21.2 Å². The molecule has 1 N–H and O–H groups in total. The summed E-state index contributed by atoms with van der Waals surface area (Å²) in [6, 6.07) is 14.3. The molecule has 0 aromatic heterocycles. The number of amides is 1. The highest BCUT2D eigenvalue weighted by molar-refractivity contribution is 7.92. The number of carbonyl (C=O) groups excluding carboxylic acids is 1. The van der Waals surface area contributed by atoms with Gasteiger partial charge in [-0.25, -0.2) is 8.42 Å². The highest BCUT2D eigenvalue weighted by Crippen LogP contribution is 2.28. The van der Waals surface area contributed by atoms with Crippen LogP contribution >= 0.6 is 0 Å². The van der Waals surface area contributed by atoms with Gasteiger partial charge in [-0.1, -0.05) is 62.1 Å². The van der Waals surface area contributed by atoms with Gasteiger partial charge < -0.3 is 5.32 Å². The molecule has 156 valence electrons. The molecule has 1 amide bonds. The maximum atomic E-state index is 13.5. The molecule has 1 aliphatic rings. The van der Waals surface area contributed by atoms with Crippen molar-refractivity contribution < 1.29 is 13.2 Å². The Morgan fingerprint density at radius 3 is 2.34 bits per heavy atom. The van der Waals surface area contributed by atoms with Crippen LogP contribution in [0.25, 0.3) is 0 Å². The molecule has 5 nitrogen and oxygen atoms in total. The van der Waals surface area contributed by atoms with Crippen LogP contribution in [0.15, 0.2) is 53.4 Å². The van der Waals surface area contributed by atoms with E-state index in [1.165, 1.54) is 10.7 Å². The Balaban J connectivity index is 1.93. The van der Waals surface area contributed by atoms with Gasteiger partial charge in [-0.3, -0.25) is 9.10 Å². The van der Waals surface area contributed by atoms with Gasteiger partial charge in [-0.2, -0.15) is 0 Å². The van der Waals surface area contributed by atoms with Crippen molar-refractivity contribution in [3.05, 3.63) is 59.7 Å². The number of nitrogens with one attached hydrogen (secondary N) is 1. The molecular formula is C23H30N2O3S. The molecule has 1 saturated carbocycles. The van der Waals surface area contributed by atoms with Crippen molar-refractivity contribution in [3.63, 3.8) is 0 Å². The van der Waals surface area contributed by atoms with Gasteiger partial charge >= 0.3 is 0 Å². The molecule has 0 unspecified atom stereocenters. The maximum Gasteiger partial charge on any atom is 0.264 e. The number of rotatable bonds is 7. The second-order valence-corrected chi connectivity index (χ2v) is 9.57. The van der Waals surface area contributed by atoms with Crippen molar-refractivity contribution >= 4 is 21.6 Å². The van der Waals surface area contributed by atoms with Crippen LogP contribution in [0.3, 0.4) is 0 Å². The van der Waals surface area contributed by atoms with Gasteiger partial charge in [0.1, 0.15) is 6.54 Å². The highest BCUT2D eigenvalue weighted by atomic mass is 32.2. The lowest BCUT2D eigenvalue weighted by molar-refractivity contribution is -0.120. The zero-order valence-corrected chi connectivity index (χ0v) is 18.0. The van der Waals surface area contributed by atoms with E-state index in [1.54, 1.807) is 30.3 Å². The molecule has 29 heavy (non-hydrogen) atoms. The van der Waals surface area contributed by atoms with Crippen molar-refractivity contribution in [2.24, 2.45) is 0 Å². The maximum absolute atomic E-state index is 13.5. The average Bonchev–Trinajstić information content (AvgIpc) is 2.73. The lowest BCUT2D eigenvalue weighted by Crippen LogP contribution is -2.45. The van der Waals surface area contributed by atoms with Gasteiger partial charge in [-0.15, -0.1) is 0 Å². The first-order valence-corrected chi connectivity index (χ1v) is 11.8. The van der Waals surface area contributed by atoms with Gasteiger partial charge in [0, 0.05) is 6.04 Å². The largest absolute Gasteiger partial charge is 0.352 e. The molecule has 0 atom stereocenters. The topological polar surface area (TPSA) is 66.5 Å². The molecule has 1 aliphatic carbocycles. The minimum absolute atomic E-state index is 0.140. The Morgan fingerprint density at radius 2 is 1.69 bits per heavy atom. The lowest BCUT2D eigenvalue weighted by atomic mass is 9.95. The predicted octanol–water partition coefficient (Wildman–Crippen LogP) is 4.20. The summed E-state index contributed by atoms with van der Waals surface area (Å²) < 4.78 is 28.2. The van der Waals surface area contributed by atoms with Gasteiger partial charge in [0.05, 0.1) is 10.6 Å². The number of carbonyl (C=O) groups is 1. The van der Waals surface area contributed by atoms with Gasteiger partial charge in [0.25, 0.3) is 10.0 Å². The monoisotopic (exact) mass is 414 g/mol. The SMILES string of the molecule is CCc1ccccc1N(CC(=O)NC1CCCCC1)S(=O)(=O)c1ccc(C)cc1. The first-order chi connectivity index (χ1) is 13.9. The van der Waals surface area contributed by atoms with Crippen LogP contribution in [0.2, 0.25) is 0 Å². The van der Waals surface area contributed by atoms with E-state index in [1.807, 2.05) is 32.0 Å². The molecule has 0 radical (unpaired) electrons. The number of sulfonamides is 1. The number of hydrogen-bond donors (Lipinski definition) is 1. The molecule has 0 saturated heterocycles. The van der Waals surface area contributed by atoms with Crippen molar-refractivity contribution in [3.8, 4) is 0 Å². The Hall–Kier alpha value is -2.34. The van der Waals surface area contributed by atoms with Crippen LogP contribution in [0.1, 0.15) is 50.2 Å². The van der Waals surface area contributed by atoms with Crippen molar-refractivity contribution in [2.75, 3.05) is 10.8 Å². The second-order valence-electron chi connectivity index (χ2n) is 7.71. The predicted molar refractivity (Wildman–Crippen MR) is 117 cm³/mol. The quantitative estimate of drug-likeness (QED) is 0.738. The first-order valence-electron chi connectivity index (χ1n) is 10.4. The third kappa shape index (κ3) is 5.18. The second kappa shape index (κ2) is 9.44. The van der Waals surface area contributed by atoms with E-state index in [9.17, 15) is 13.2 Å². The minimum atomic E-state index is -3.87. The fourth-order valence-electron chi connectivity index (χ4n) is 3.84. The minimum Gasteiger partial charge on any atom is -0.352 e. The van der Waals surface area contributed by atoms with Gasteiger partial charge in [0.2, 0.25) is 5.91 Å². The van der Waals surface area contributed by atoms with E-state index in [2.05, 4.69) is 5.32 Å². The lowest BCUT2D eigenvalue weighted by Gasteiger charge is -2.28. The summed E-state index contributed by atoms with van der Waals surface area (Å²) in [4.78, 5) is 13.0. The molecule has 2 aromatic rings. The number of nitrogens with zero attached hydrogens (tertiary/aromatic N) is 1. The van der Waals surface area contributed by atoms with Crippen LogP contribution in [-0.4, -0.2) is 26.9 Å². The molecule has 3 rings (SSSR count). The zero-order chi connectivity index (χ0) is 20.9. The fourth-order valence-corrected chi connectivity index (χ4v) is 5.30. The standard InChI is InChI=1S/C23H30N2O3S/c1-3-19-9-7-8-12-22(19)25(17-23(26)24-20-10-5-4-6-11-20)29(27,28)21-15-13-18(2)14-16-21/h7-9,12-16,20H,3-6,10-11,17H2,1-2H3,(H,24,26). The normalized spacial score (nSPS) is 15.1. The summed E-state index contributed by atoms with van der Waals surface area (Å²) in [6.45, 7) is 3.68. The summed E-state index contributed by atoms with van der Waals surface area (Å²) in [5.74, 6) is -0.251. The molecule has 0 bridgehead atoms. The van der Waals surface area contributed by atoms with E-state index in [0.29, 0.717) is 12.1 Å². The van der Waals surface area contributed by atoms with Crippen molar-refractivity contribution in [2.45, 2.75) is 63.3 Å². The third-order valence-electron chi connectivity index (χ3n) is 5.51. The third-order valence-corrected chi connectivity index (χ3v) is 7.28. The van der Waals surface area contributed by atoms with E-state index >= 15 is 0 Å². The number of para-hydroxylation sites is 1. The Bertz CT molecular complexity index is 933. The summed E-state index contributed by atoms with van der Waals surface area (Å²) in [6.07, 6.45) is 6.01. The molecular weight excluding hydrogens is 384 g/mol. The first kappa shape index (κ1) is 21.4. The summed E-state index contributed by atoms with van der Waals surface area (Å²) in [7, 11) is -3.87. The van der Waals surface area contributed by atoms with Crippen LogP contribution in [0.5, 0.6) is 0 Å². The Labute approximate surface area is 174 Å². The fraction of sp³-hybridized carbons (Fsp3) is 0.435. The molecule has 6 heteroatoms. The van der Waals surface area contributed by atoms with Crippen molar-refractivity contribution in [1.29, 1.82) is 0 Å². The Kier molecular flexibility index (Phi) is 6.96. The smallest absolute Gasteiger partial charge is 0.264 e. The van der Waals surface area contributed by atoms with E-state index in [0.717, 1.165) is 36.8 Å². The number of benzene rings is 2. The van der Waals surface area contributed by atoms with Crippen molar-refractivity contribution in [1.82, 2.24) is 5.32 Å². The van der Waals surface area contributed by atoms with Crippen LogP contribution in [0.4, 0.5) is 5.69 Å². The zero-order valence-electron chi connectivity index (χ0n) is 17.2. The summed E-state index contributed by atoms with van der Waals surface area (Å²) in [5, 5.41) is 3.04. The molecule has 0 heterocycles. The highest BCUT2D eigenvalue weighted by Gasteiger charge is 2.29. The average molecular weight is 415 g/mol. The molecule has 0 spiro atoms. The van der Waals surface area contributed by atoms with Crippen LogP contribution in [0, 0.1) is 6.92 Å². The molecule has 1 fully saturated rings. The molecule has 2 aromatic carbocycles. The number of anilines is 1. The Morgan fingerprint density at radius 1 is 1.03 bits per heavy atom. The molecule has 0 aliphatic heterocycles. The summed E-state index contributed by atoms with van der Waals surface area (Å²) >= 11 is 0. The van der Waals surface area contributed by atoms with Crippen LogP contribution < -0.4 is 9.62 Å². The number of aryl methyl sites for hydroxylation is 2. The summed E-state index contributed by atoms with van der Waals surface area (Å²) in [5.41, 5.74) is 2.45. The van der Waals surface area contributed by atoms with E-state index < -0.39 is 10.0 Å². The van der Waals surface area contributed by atoms with Gasteiger partial charge in [0.15, 0.2) is 0 Å². The van der Waals surface area contributed by atoms with Gasteiger partial charge in [-0.05, 0) is 49.9 Å².